The highest BCUT2D eigenvalue weighted by atomic mass is 32.2. The third kappa shape index (κ3) is 4.99. The molecule has 1 aromatic heterocycles. The molecule has 33 heavy (non-hydrogen) atoms. The molecule has 0 spiro atoms. The van der Waals surface area contributed by atoms with Crippen LogP contribution in [-0.4, -0.2) is 80.0 Å². The van der Waals surface area contributed by atoms with Gasteiger partial charge in [-0.15, -0.1) is 0 Å². The number of carbonyl (C=O) groups excluding carboxylic acids is 1. The Labute approximate surface area is 191 Å². The number of hydrogen-bond acceptors (Lipinski definition) is 6. The Hall–Kier alpha value is -2.63. The van der Waals surface area contributed by atoms with Crippen molar-refractivity contribution in [1.82, 2.24) is 14.2 Å². The summed E-state index contributed by atoms with van der Waals surface area (Å²) < 4.78 is 59.0. The third-order valence-electron chi connectivity index (χ3n) is 5.79. The minimum Gasteiger partial charge on any atom is -0.372 e. The summed E-state index contributed by atoms with van der Waals surface area (Å²) in [5.41, 5.74) is 0.421. The van der Waals surface area contributed by atoms with Gasteiger partial charge in [-0.2, -0.15) is 4.31 Å². The SMILES string of the molecule is CC1CN(c2ccc(C(=O)N3CCN(S(=O)(=O)c4ccc(F)c(F)c4)CC3)cn2)CC(C)O1. The maximum Gasteiger partial charge on any atom is 0.255 e. The fourth-order valence-electron chi connectivity index (χ4n) is 4.17. The Kier molecular flexibility index (Phi) is 6.64. The van der Waals surface area contributed by atoms with E-state index in [2.05, 4.69) is 9.88 Å². The minimum atomic E-state index is -3.98. The van der Waals surface area contributed by atoms with Crippen molar-refractivity contribution in [3.05, 3.63) is 53.7 Å². The Morgan fingerprint density at radius 1 is 1.00 bits per heavy atom. The number of carbonyl (C=O) groups is 1. The number of ether oxygens (including phenoxy) is 1. The zero-order valence-electron chi connectivity index (χ0n) is 18.4. The van der Waals surface area contributed by atoms with Crippen molar-refractivity contribution in [3.8, 4) is 0 Å². The average molecular weight is 481 g/mol. The second-order valence-electron chi connectivity index (χ2n) is 8.34. The second kappa shape index (κ2) is 9.32. The van der Waals surface area contributed by atoms with E-state index in [1.54, 1.807) is 11.0 Å². The summed E-state index contributed by atoms with van der Waals surface area (Å²) in [6, 6.07) is 6.03. The highest BCUT2D eigenvalue weighted by molar-refractivity contribution is 7.89. The Morgan fingerprint density at radius 2 is 1.67 bits per heavy atom. The monoisotopic (exact) mass is 480 g/mol. The Balaban J connectivity index is 1.38. The molecule has 2 atom stereocenters. The summed E-state index contributed by atoms with van der Waals surface area (Å²) in [6.45, 7) is 5.94. The van der Waals surface area contributed by atoms with E-state index in [4.69, 9.17) is 4.74 Å². The molecule has 2 aliphatic heterocycles. The van der Waals surface area contributed by atoms with E-state index in [1.165, 1.54) is 10.5 Å². The number of morpholine rings is 1. The van der Waals surface area contributed by atoms with Crippen LogP contribution in [0.25, 0.3) is 0 Å². The van der Waals surface area contributed by atoms with Crippen LogP contribution in [0.2, 0.25) is 0 Å². The highest BCUT2D eigenvalue weighted by Gasteiger charge is 2.31. The molecule has 4 rings (SSSR count). The number of nitrogens with zero attached hydrogens (tertiary/aromatic N) is 4. The van der Waals surface area contributed by atoms with E-state index >= 15 is 0 Å². The predicted octanol–water partition coefficient (Wildman–Crippen LogP) is 2.12. The van der Waals surface area contributed by atoms with Gasteiger partial charge < -0.3 is 14.5 Å². The molecule has 2 unspecified atom stereocenters. The van der Waals surface area contributed by atoms with Gasteiger partial charge in [0.1, 0.15) is 5.82 Å². The summed E-state index contributed by atoms with van der Waals surface area (Å²) in [6.07, 6.45) is 1.72. The maximum atomic E-state index is 13.5. The molecule has 2 aliphatic rings. The van der Waals surface area contributed by atoms with Crippen LogP contribution in [0.1, 0.15) is 24.2 Å². The van der Waals surface area contributed by atoms with Crippen LogP contribution >= 0.6 is 0 Å². The molecule has 2 saturated heterocycles. The smallest absolute Gasteiger partial charge is 0.255 e. The average Bonchev–Trinajstić information content (AvgIpc) is 2.80. The molecule has 0 radical (unpaired) electrons. The molecular weight excluding hydrogens is 454 g/mol. The largest absolute Gasteiger partial charge is 0.372 e. The van der Waals surface area contributed by atoms with Crippen molar-refractivity contribution < 1.29 is 26.7 Å². The van der Waals surface area contributed by atoms with Crippen molar-refractivity contribution in [2.75, 3.05) is 44.2 Å². The Bertz CT molecular complexity index is 1110. The van der Waals surface area contributed by atoms with E-state index in [1.807, 2.05) is 19.9 Å². The fraction of sp³-hybridized carbons (Fsp3) is 0.455. The predicted molar refractivity (Wildman–Crippen MR) is 117 cm³/mol. The van der Waals surface area contributed by atoms with E-state index in [0.29, 0.717) is 11.6 Å². The van der Waals surface area contributed by atoms with Crippen LogP contribution in [0.4, 0.5) is 14.6 Å². The number of aromatic nitrogens is 1. The van der Waals surface area contributed by atoms with Crippen molar-refractivity contribution in [2.24, 2.45) is 0 Å². The van der Waals surface area contributed by atoms with Gasteiger partial charge >= 0.3 is 0 Å². The fourth-order valence-corrected chi connectivity index (χ4v) is 5.60. The summed E-state index contributed by atoms with van der Waals surface area (Å²) in [7, 11) is -3.98. The zero-order chi connectivity index (χ0) is 23.8. The van der Waals surface area contributed by atoms with Gasteiger partial charge in [-0.25, -0.2) is 22.2 Å². The first-order valence-corrected chi connectivity index (χ1v) is 12.2. The lowest BCUT2D eigenvalue weighted by Gasteiger charge is -2.36. The molecule has 0 aliphatic carbocycles. The molecular formula is C22H26F2N4O4S. The lowest BCUT2D eigenvalue weighted by molar-refractivity contribution is -0.00546. The molecule has 8 nitrogen and oxygen atoms in total. The van der Waals surface area contributed by atoms with Gasteiger partial charge in [0, 0.05) is 45.5 Å². The van der Waals surface area contributed by atoms with Crippen molar-refractivity contribution >= 4 is 21.7 Å². The lowest BCUT2D eigenvalue weighted by Crippen LogP contribution is -2.50. The minimum absolute atomic E-state index is 0.0577. The molecule has 2 aromatic rings. The number of pyridine rings is 1. The molecule has 0 N–H and O–H groups in total. The number of rotatable bonds is 4. The molecule has 0 bridgehead atoms. The summed E-state index contributed by atoms with van der Waals surface area (Å²) in [5.74, 6) is -1.79. The summed E-state index contributed by atoms with van der Waals surface area (Å²) in [5, 5.41) is 0. The molecule has 1 amide bonds. The third-order valence-corrected chi connectivity index (χ3v) is 7.69. The van der Waals surface area contributed by atoms with Crippen molar-refractivity contribution in [1.29, 1.82) is 0 Å². The standard InChI is InChI=1S/C22H26F2N4O4S/c1-15-13-27(14-16(2)32-15)21-6-3-17(12-25-21)22(29)26-7-9-28(10-8-26)33(30,31)18-4-5-19(23)20(24)11-18/h3-6,11-12,15-16H,7-10,13-14H2,1-2H3. The van der Waals surface area contributed by atoms with E-state index in [-0.39, 0.29) is 49.2 Å². The second-order valence-corrected chi connectivity index (χ2v) is 10.3. The number of sulfonamides is 1. The number of amides is 1. The number of anilines is 1. The van der Waals surface area contributed by atoms with Crippen molar-refractivity contribution in [2.45, 2.75) is 31.0 Å². The topological polar surface area (TPSA) is 83.1 Å². The van der Waals surface area contributed by atoms with E-state index < -0.39 is 21.7 Å². The summed E-state index contributed by atoms with van der Waals surface area (Å²) >= 11 is 0. The first-order valence-electron chi connectivity index (χ1n) is 10.8. The van der Waals surface area contributed by atoms with Crippen LogP contribution in [0.5, 0.6) is 0 Å². The van der Waals surface area contributed by atoms with Crippen LogP contribution in [0, 0.1) is 11.6 Å². The first-order chi connectivity index (χ1) is 15.6. The molecule has 178 valence electrons. The van der Waals surface area contributed by atoms with E-state index in [9.17, 15) is 22.0 Å². The lowest BCUT2D eigenvalue weighted by atomic mass is 10.2. The number of hydrogen-bond donors (Lipinski definition) is 0. The van der Waals surface area contributed by atoms with Gasteiger partial charge in [0.25, 0.3) is 5.91 Å². The quantitative estimate of drug-likeness (QED) is 0.667. The maximum absolute atomic E-state index is 13.5. The number of halogens is 2. The van der Waals surface area contributed by atoms with E-state index in [0.717, 1.165) is 31.0 Å². The Morgan fingerprint density at radius 3 is 2.24 bits per heavy atom. The van der Waals surface area contributed by atoms with Gasteiger partial charge in [-0.3, -0.25) is 4.79 Å². The number of piperazine rings is 1. The van der Waals surface area contributed by atoms with Crippen LogP contribution in [0.15, 0.2) is 41.4 Å². The first kappa shape index (κ1) is 23.5. The molecule has 3 heterocycles. The van der Waals surface area contributed by atoms with Crippen molar-refractivity contribution in [3.63, 3.8) is 0 Å². The normalized spacial score (nSPS) is 22.4. The van der Waals surface area contributed by atoms with Gasteiger partial charge in [-0.1, -0.05) is 0 Å². The van der Waals surface area contributed by atoms with Gasteiger partial charge in [0.05, 0.1) is 22.7 Å². The number of benzene rings is 1. The molecule has 1 aromatic carbocycles. The highest BCUT2D eigenvalue weighted by Crippen LogP contribution is 2.22. The molecule has 0 saturated carbocycles. The van der Waals surface area contributed by atoms with Gasteiger partial charge in [0.2, 0.25) is 10.0 Å². The van der Waals surface area contributed by atoms with Gasteiger partial charge in [0.15, 0.2) is 11.6 Å². The molecule has 11 heteroatoms. The van der Waals surface area contributed by atoms with Crippen LogP contribution in [-0.2, 0) is 14.8 Å². The molecule has 2 fully saturated rings. The van der Waals surface area contributed by atoms with Gasteiger partial charge in [-0.05, 0) is 44.2 Å². The summed E-state index contributed by atoms with van der Waals surface area (Å²) in [4.78, 5) is 20.7. The van der Waals surface area contributed by atoms with Crippen LogP contribution < -0.4 is 4.90 Å². The zero-order valence-corrected chi connectivity index (χ0v) is 19.3. The van der Waals surface area contributed by atoms with Crippen LogP contribution in [0.3, 0.4) is 0 Å².